The summed E-state index contributed by atoms with van der Waals surface area (Å²) in [6.07, 6.45) is -1.25. The van der Waals surface area contributed by atoms with Crippen molar-refractivity contribution in [1.29, 1.82) is 0 Å². The van der Waals surface area contributed by atoms with Crippen molar-refractivity contribution in [2.75, 3.05) is 11.1 Å². The second-order valence-electron chi connectivity index (χ2n) is 7.50. The first-order valence-corrected chi connectivity index (χ1v) is 9.65. The Morgan fingerprint density at radius 1 is 1.00 bits per heavy atom. The molecule has 0 atom stereocenters. The van der Waals surface area contributed by atoms with Crippen molar-refractivity contribution in [3.63, 3.8) is 0 Å². The van der Waals surface area contributed by atoms with E-state index in [9.17, 15) is 22.0 Å². The normalized spacial score (nSPS) is 14.2. The Hall–Kier alpha value is -3.76. The van der Waals surface area contributed by atoms with Crippen molar-refractivity contribution in [1.82, 2.24) is 19.5 Å². The van der Waals surface area contributed by atoms with E-state index in [4.69, 9.17) is 5.73 Å². The molecular weight excluding hydrogens is 431 g/mol. The van der Waals surface area contributed by atoms with Gasteiger partial charge in [-0.05, 0) is 37.1 Å². The van der Waals surface area contributed by atoms with Crippen LogP contribution in [0.25, 0.3) is 16.7 Å². The Morgan fingerprint density at radius 2 is 1.69 bits per heavy atom. The molecule has 1 saturated carbocycles. The third-order valence-electron chi connectivity index (χ3n) is 5.17. The van der Waals surface area contributed by atoms with Crippen molar-refractivity contribution in [2.45, 2.75) is 24.9 Å². The molecule has 4 aromatic rings. The minimum Gasteiger partial charge on any atom is -0.382 e. The van der Waals surface area contributed by atoms with E-state index in [0.717, 1.165) is 37.1 Å². The Balaban J connectivity index is 1.51. The number of benzene rings is 2. The van der Waals surface area contributed by atoms with E-state index in [1.165, 1.54) is 18.3 Å². The van der Waals surface area contributed by atoms with E-state index in [-0.39, 0.29) is 23.2 Å². The van der Waals surface area contributed by atoms with Gasteiger partial charge in [-0.1, -0.05) is 0 Å². The summed E-state index contributed by atoms with van der Waals surface area (Å²) in [7, 11) is 0. The molecule has 1 aliphatic carbocycles. The van der Waals surface area contributed by atoms with Gasteiger partial charge in [-0.2, -0.15) is 18.2 Å². The summed E-state index contributed by atoms with van der Waals surface area (Å²) in [5.74, 6) is -1.14. The van der Waals surface area contributed by atoms with Crippen molar-refractivity contribution in [2.24, 2.45) is 0 Å². The van der Waals surface area contributed by atoms with Crippen molar-refractivity contribution < 1.29 is 22.0 Å². The van der Waals surface area contributed by atoms with Gasteiger partial charge in [0.05, 0.1) is 22.8 Å². The van der Waals surface area contributed by atoms with Crippen molar-refractivity contribution in [3.8, 4) is 5.69 Å². The lowest BCUT2D eigenvalue weighted by molar-refractivity contribution is -0.137. The predicted molar refractivity (Wildman–Crippen MR) is 108 cm³/mol. The largest absolute Gasteiger partial charge is 0.416 e. The summed E-state index contributed by atoms with van der Waals surface area (Å²) < 4.78 is 67.4. The number of nitrogen functional groups attached to an aromatic ring is 1. The zero-order valence-corrected chi connectivity index (χ0v) is 16.3. The monoisotopic (exact) mass is 446 g/mol. The molecule has 6 nitrogen and oxygen atoms in total. The van der Waals surface area contributed by atoms with Crippen LogP contribution in [-0.4, -0.2) is 19.5 Å². The smallest absolute Gasteiger partial charge is 0.382 e. The fourth-order valence-corrected chi connectivity index (χ4v) is 3.45. The molecule has 0 unspecified atom stereocenters. The molecule has 11 heteroatoms. The second kappa shape index (κ2) is 7.14. The molecule has 5 rings (SSSR count). The van der Waals surface area contributed by atoms with Gasteiger partial charge in [0.2, 0.25) is 5.95 Å². The van der Waals surface area contributed by atoms with Crippen LogP contribution in [0.2, 0.25) is 0 Å². The highest BCUT2D eigenvalue weighted by molar-refractivity contribution is 5.80. The van der Waals surface area contributed by atoms with Gasteiger partial charge < -0.3 is 11.1 Å². The Morgan fingerprint density at radius 3 is 2.31 bits per heavy atom. The van der Waals surface area contributed by atoms with E-state index in [1.54, 1.807) is 4.57 Å². The number of nitrogens with two attached hydrogens (primary N) is 1. The average Bonchev–Trinajstić information content (AvgIpc) is 3.51. The van der Waals surface area contributed by atoms with Crippen LogP contribution in [0.3, 0.4) is 0 Å². The zero-order valence-electron chi connectivity index (χ0n) is 16.3. The average molecular weight is 446 g/mol. The van der Waals surface area contributed by atoms with E-state index >= 15 is 0 Å². The van der Waals surface area contributed by atoms with Crippen LogP contribution in [0.5, 0.6) is 0 Å². The number of nitrogens with zero attached hydrogens (tertiary/aromatic N) is 4. The van der Waals surface area contributed by atoms with Gasteiger partial charge in [-0.3, -0.25) is 4.57 Å². The molecule has 0 aliphatic heterocycles. The molecule has 164 valence electrons. The van der Waals surface area contributed by atoms with Gasteiger partial charge in [0.1, 0.15) is 11.5 Å². The van der Waals surface area contributed by atoms with Crippen LogP contribution >= 0.6 is 0 Å². The van der Waals surface area contributed by atoms with Gasteiger partial charge in [-0.25, -0.2) is 18.7 Å². The summed E-state index contributed by atoms with van der Waals surface area (Å²) in [6.45, 7) is 0. The van der Waals surface area contributed by atoms with Crippen molar-refractivity contribution >= 4 is 28.5 Å². The summed E-state index contributed by atoms with van der Waals surface area (Å²) in [6, 6.07) is 6.47. The molecule has 1 aliphatic rings. The van der Waals surface area contributed by atoms with E-state index < -0.39 is 23.4 Å². The summed E-state index contributed by atoms with van der Waals surface area (Å²) in [4.78, 5) is 12.8. The number of imidazole rings is 1. The minimum atomic E-state index is -4.43. The second-order valence-corrected chi connectivity index (χ2v) is 7.50. The molecule has 2 aromatic carbocycles. The molecule has 3 N–H and O–H groups in total. The molecule has 0 amide bonds. The van der Waals surface area contributed by atoms with E-state index in [2.05, 4.69) is 20.3 Å². The Kier molecular flexibility index (Phi) is 4.50. The topological polar surface area (TPSA) is 81.6 Å². The van der Waals surface area contributed by atoms with Crippen LogP contribution < -0.4 is 11.1 Å². The number of fused-ring (bicyclic) bond motifs is 1. The Labute approximate surface area is 177 Å². The van der Waals surface area contributed by atoms with Gasteiger partial charge >= 0.3 is 6.18 Å². The lowest BCUT2D eigenvalue weighted by Crippen LogP contribution is -2.09. The summed E-state index contributed by atoms with van der Waals surface area (Å²) >= 11 is 0. The maximum absolute atomic E-state index is 13.9. The quantitative estimate of drug-likeness (QED) is 0.415. The number of nitrogens with one attached hydrogen (secondary N) is 1. The number of halogens is 5. The molecule has 0 bridgehead atoms. The number of hydrogen-bond acceptors (Lipinski definition) is 5. The van der Waals surface area contributed by atoms with Crippen LogP contribution in [0.4, 0.5) is 39.4 Å². The third kappa shape index (κ3) is 3.59. The number of hydrogen-bond donors (Lipinski definition) is 2. The van der Waals surface area contributed by atoms with Crippen LogP contribution in [0.1, 0.15) is 30.1 Å². The molecule has 0 radical (unpaired) electrons. The van der Waals surface area contributed by atoms with Gasteiger partial charge in [0.25, 0.3) is 0 Å². The van der Waals surface area contributed by atoms with Crippen molar-refractivity contribution in [3.05, 3.63) is 65.6 Å². The molecule has 2 heterocycles. The minimum absolute atomic E-state index is 0.0420. The SMILES string of the molecule is Nc1nc(Nc2ccc(C(F)(F)F)cc2)ncc1-n1c(C2CC2)nc2cc(F)c(F)cc21. The van der Waals surface area contributed by atoms with Crippen LogP contribution in [0, 0.1) is 11.6 Å². The number of alkyl halides is 3. The molecule has 2 aromatic heterocycles. The highest BCUT2D eigenvalue weighted by atomic mass is 19.4. The molecule has 0 spiro atoms. The zero-order chi connectivity index (χ0) is 22.6. The van der Waals surface area contributed by atoms with Gasteiger partial charge in [0.15, 0.2) is 17.5 Å². The standard InChI is InChI=1S/C21H15F5N6/c22-13-7-15-16(8-14(13)23)32(19(30-15)10-1-2-10)17-9-28-20(31-18(17)27)29-12-5-3-11(4-6-12)21(24,25)26/h3-10H,1-2H2,(H3,27,28,29,31). The highest BCUT2D eigenvalue weighted by Crippen LogP contribution is 2.42. The molecule has 0 saturated heterocycles. The summed E-state index contributed by atoms with van der Waals surface area (Å²) in [5.41, 5.74) is 6.68. The third-order valence-corrected chi connectivity index (χ3v) is 5.17. The fourth-order valence-electron chi connectivity index (χ4n) is 3.45. The first-order chi connectivity index (χ1) is 15.2. The fraction of sp³-hybridized carbons (Fsp3) is 0.190. The maximum Gasteiger partial charge on any atom is 0.416 e. The molecule has 32 heavy (non-hydrogen) atoms. The lowest BCUT2D eigenvalue weighted by Gasteiger charge is -2.13. The van der Waals surface area contributed by atoms with Crippen LogP contribution in [0.15, 0.2) is 42.6 Å². The highest BCUT2D eigenvalue weighted by Gasteiger charge is 2.32. The first-order valence-electron chi connectivity index (χ1n) is 9.65. The lowest BCUT2D eigenvalue weighted by atomic mass is 10.2. The predicted octanol–water partition coefficient (Wildman–Crippen LogP) is 5.32. The summed E-state index contributed by atoms with van der Waals surface area (Å²) in [5, 5.41) is 2.80. The number of aromatic nitrogens is 4. The molecule has 1 fully saturated rings. The Bertz CT molecular complexity index is 1330. The van der Waals surface area contributed by atoms with E-state index in [0.29, 0.717) is 22.7 Å². The van der Waals surface area contributed by atoms with Gasteiger partial charge in [0, 0.05) is 23.7 Å². The van der Waals surface area contributed by atoms with E-state index in [1.807, 2.05) is 0 Å². The van der Waals surface area contributed by atoms with Crippen LogP contribution in [-0.2, 0) is 6.18 Å². The number of anilines is 3. The maximum atomic E-state index is 13.9. The number of rotatable bonds is 4. The first kappa shape index (κ1) is 20.2. The van der Waals surface area contributed by atoms with Gasteiger partial charge in [-0.15, -0.1) is 0 Å². The molecular formula is C21H15F5N6.